The van der Waals surface area contributed by atoms with Gasteiger partial charge in [-0.1, -0.05) is 6.08 Å². The summed E-state index contributed by atoms with van der Waals surface area (Å²) in [4.78, 5) is 19.4. The fourth-order valence-electron chi connectivity index (χ4n) is 0.261. The van der Waals surface area contributed by atoms with Crippen molar-refractivity contribution in [2.75, 3.05) is 0 Å². The molecule has 4 N–H and O–H groups in total. The van der Waals surface area contributed by atoms with Crippen LogP contribution in [0.2, 0.25) is 0 Å². The van der Waals surface area contributed by atoms with E-state index < -0.39 is 11.9 Å². The third-order valence-electron chi connectivity index (χ3n) is 0.553. The molecular weight excluding hydrogens is 179 g/mol. The van der Waals surface area contributed by atoms with E-state index in [1.165, 1.54) is 0 Å². The topological polar surface area (TPSA) is 106 Å². The standard InChI is InChI=1S/C5H6O4.K.H2O/c6-4(7)2-1-3-5(8)9;;/h1-2H,3H2,(H,6,7)(H,8,9);;1H2/b2-1+;;. The van der Waals surface area contributed by atoms with Crippen LogP contribution in [-0.2, 0) is 9.59 Å². The second-order valence-corrected chi connectivity index (χ2v) is 1.34. The molecule has 0 aromatic carbocycles. The number of carboxylic acids is 2. The van der Waals surface area contributed by atoms with Crippen molar-refractivity contribution in [1.29, 1.82) is 0 Å². The molecule has 0 atom stereocenters. The van der Waals surface area contributed by atoms with E-state index in [9.17, 15) is 9.59 Å². The quantitative estimate of drug-likeness (QED) is 0.432. The molecule has 6 heteroatoms. The van der Waals surface area contributed by atoms with E-state index in [-0.39, 0.29) is 63.3 Å². The van der Waals surface area contributed by atoms with Crippen LogP contribution < -0.4 is 0 Å². The summed E-state index contributed by atoms with van der Waals surface area (Å²) in [7, 11) is 0. The van der Waals surface area contributed by atoms with Crippen LogP contribution in [0.3, 0.4) is 0 Å². The van der Waals surface area contributed by atoms with E-state index in [1.54, 1.807) is 0 Å². The number of carbonyl (C=O) groups is 2. The number of hydrogen-bond donors (Lipinski definition) is 2. The van der Waals surface area contributed by atoms with Crippen LogP contribution in [0.15, 0.2) is 12.2 Å². The summed E-state index contributed by atoms with van der Waals surface area (Å²) in [6.07, 6.45) is 1.63. The fourth-order valence-corrected chi connectivity index (χ4v) is 0.261. The minimum Gasteiger partial charge on any atom is -0.481 e. The molecule has 59 valence electrons. The Kier molecular flexibility index (Phi) is 16.2. The first-order valence-electron chi connectivity index (χ1n) is 2.24. The third kappa shape index (κ3) is 17.9. The van der Waals surface area contributed by atoms with E-state index in [0.717, 1.165) is 12.2 Å². The van der Waals surface area contributed by atoms with Gasteiger partial charge in [-0.25, -0.2) is 4.79 Å². The number of carboxylic acid groups (broad SMARTS) is 2. The van der Waals surface area contributed by atoms with Crippen LogP contribution in [0.5, 0.6) is 0 Å². The molecule has 0 amide bonds. The Morgan fingerprint density at radius 1 is 1.27 bits per heavy atom. The molecule has 0 aromatic rings. The molecule has 0 saturated heterocycles. The van der Waals surface area contributed by atoms with Crippen LogP contribution in [0, 0.1) is 0 Å². The summed E-state index contributed by atoms with van der Waals surface area (Å²) in [6.45, 7) is 0. The third-order valence-corrected chi connectivity index (χ3v) is 0.553. The average molecular weight is 187 g/mol. The zero-order valence-electron chi connectivity index (χ0n) is 6.07. The summed E-state index contributed by atoms with van der Waals surface area (Å²) in [5, 5.41) is 15.9. The predicted molar refractivity (Wildman–Crippen MR) is 38.4 cm³/mol. The van der Waals surface area contributed by atoms with E-state index in [1.807, 2.05) is 0 Å². The molecule has 0 heterocycles. The van der Waals surface area contributed by atoms with Crippen molar-refractivity contribution in [1.82, 2.24) is 0 Å². The van der Waals surface area contributed by atoms with Gasteiger partial charge in [-0.15, -0.1) is 0 Å². The van der Waals surface area contributed by atoms with Gasteiger partial charge < -0.3 is 15.7 Å². The zero-order valence-corrected chi connectivity index (χ0v) is 9.20. The molecule has 1 radical (unpaired) electrons. The van der Waals surface area contributed by atoms with Gasteiger partial charge in [0.05, 0.1) is 6.42 Å². The van der Waals surface area contributed by atoms with Gasteiger partial charge in [-0.3, -0.25) is 4.79 Å². The monoisotopic (exact) mass is 187 g/mol. The maximum absolute atomic E-state index is 9.74. The Hall–Kier alpha value is 0.276. The summed E-state index contributed by atoms with van der Waals surface area (Å²) in [6, 6.07) is 0. The van der Waals surface area contributed by atoms with Gasteiger partial charge >= 0.3 is 11.9 Å². The summed E-state index contributed by atoms with van der Waals surface area (Å²) < 4.78 is 0. The van der Waals surface area contributed by atoms with E-state index >= 15 is 0 Å². The van der Waals surface area contributed by atoms with Crippen LogP contribution in [0.25, 0.3) is 0 Å². The number of aliphatic carboxylic acids is 2. The van der Waals surface area contributed by atoms with Crippen molar-refractivity contribution in [2.45, 2.75) is 6.42 Å². The number of hydrogen-bond acceptors (Lipinski definition) is 2. The van der Waals surface area contributed by atoms with Crippen LogP contribution in [0.4, 0.5) is 0 Å². The van der Waals surface area contributed by atoms with E-state index in [4.69, 9.17) is 10.2 Å². The predicted octanol–water partition coefficient (Wildman–Crippen LogP) is -1.10. The average Bonchev–Trinajstić information content (AvgIpc) is 1.63. The minimum absolute atomic E-state index is 0. The van der Waals surface area contributed by atoms with E-state index in [0.29, 0.717) is 0 Å². The van der Waals surface area contributed by atoms with Gasteiger partial charge in [0.25, 0.3) is 0 Å². The maximum atomic E-state index is 9.74. The Morgan fingerprint density at radius 3 is 2.00 bits per heavy atom. The normalized spacial score (nSPS) is 8.00. The summed E-state index contributed by atoms with van der Waals surface area (Å²) in [5.74, 6) is -2.16. The van der Waals surface area contributed by atoms with Crippen LogP contribution in [0.1, 0.15) is 6.42 Å². The molecule has 0 bridgehead atoms. The van der Waals surface area contributed by atoms with Crippen molar-refractivity contribution in [2.24, 2.45) is 0 Å². The fraction of sp³-hybridized carbons (Fsp3) is 0.200. The second-order valence-electron chi connectivity index (χ2n) is 1.34. The number of rotatable bonds is 3. The molecule has 0 aliphatic rings. The molecule has 0 spiro atoms. The molecule has 5 nitrogen and oxygen atoms in total. The Bertz CT molecular complexity index is 153. The second kappa shape index (κ2) is 10.3. The molecule has 0 aliphatic carbocycles. The largest absolute Gasteiger partial charge is 0.481 e. The smallest absolute Gasteiger partial charge is 0.327 e. The van der Waals surface area contributed by atoms with E-state index in [2.05, 4.69) is 0 Å². The van der Waals surface area contributed by atoms with Gasteiger partial charge in [-0.05, 0) is 0 Å². The van der Waals surface area contributed by atoms with Crippen molar-refractivity contribution in [3.8, 4) is 0 Å². The van der Waals surface area contributed by atoms with Gasteiger partial charge in [0.2, 0.25) is 0 Å². The first-order valence-corrected chi connectivity index (χ1v) is 2.24. The first kappa shape index (κ1) is 17.4. The minimum atomic E-state index is -1.13. The van der Waals surface area contributed by atoms with Gasteiger partial charge in [-0.2, -0.15) is 0 Å². The molecule has 0 saturated carbocycles. The van der Waals surface area contributed by atoms with Crippen LogP contribution >= 0.6 is 0 Å². The maximum Gasteiger partial charge on any atom is 0.327 e. The zero-order chi connectivity index (χ0) is 7.28. The van der Waals surface area contributed by atoms with Crippen molar-refractivity contribution in [3.05, 3.63) is 12.2 Å². The molecule has 0 unspecified atom stereocenters. The van der Waals surface area contributed by atoms with Gasteiger partial charge in [0.1, 0.15) is 0 Å². The van der Waals surface area contributed by atoms with Crippen molar-refractivity contribution < 1.29 is 25.3 Å². The molecule has 0 aliphatic heterocycles. The molecule has 0 fully saturated rings. The summed E-state index contributed by atoms with van der Waals surface area (Å²) >= 11 is 0. The van der Waals surface area contributed by atoms with Gasteiger partial charge in [0.15, 0.2) is 0 Å². The van der Waals surface area contributed by atoms with Gasteiger partial charge in [0, 0.05) is 57.5 Å². The molecule has 11 heavy (non-hydrogen) atoms. The van der Waals surface area contributed by atoms with Crippen molar-refractivity contribution >= 4 is 63.3 Å². The Morgan fingerprint density at radius 2 is 1.73 bits per heavy atom. The molecule has 0 rings (SSSR count). The Labute approximate surface area is 106 Å². The SMILES string of the molecule is O.O=C(O)/C=C/CC(=O)O.[K]. The first-order chi connectivity index (χ1) is 4.13. The van der Waals surface area contributed by atoms with Crippen LogP contribution in [-0.4, -0.2) is 79.0 Å². The Balaban J connectivity index is -0.000000320. The van der Waals surface area contributed by atoms with Crippen molar-refractivity contribution in [3.63, 3.8) is 0 Å². The molecule has 0 aromatic heterocycles. The molecular formula is C5H8KO5. The summed E-state index contributed by atoms with van der Waals surface area (Å²) in [5.41, 5.74) is 0.